The Morgan fingerprint density at radius 1 is 1.21 bits per heavy atom. The highest BCUT2D eigenvalue weighted by Crippen LogP contribution is 2.31. The summed E-state index contributed by atoms with van der Waals surface area (Å²) in [7, 11) is 0. The second kappa shape index (κ2) is 6.36. The summed E-state index contributed by atoms with van der Waals surface area (Å²) in [4.78, 5) is 32.1. The summed E-state index contributed by atoms with van der Waals surface area (Å²) < 4.78 is 0. The Labute approximate surface area is 144 Å². The van der Waals surface area contributed by atoms with Crippen LogP contribution in [0.1, 0.15) is 40.2 Å². The van der Waals surface area contributed by atoms with Crippen LogP contribution in [0.5, 0.6) is 0 Å². The number of aromatic nitrogens is 1. The maximum atomic E-state index is 12.6. The molecule has 2 heterocycles. The zero-order valence-electron chi connectivity index (χ0n) is 13.3. The Hall–Kier alpha value is -2.21. The minimum absolute atomic E-state index is 0.0507. The maximum absolute atomic E-state index is 12.6. The van der Waals surface area contributed by atoms with Gasteiger partial charge in [0.05, 0.1) is 12.2 Å². The van der Waals surface area contributed by atoms with Gasteiger partial charge in [-0.1, -0.05) is 36.0 Å². The standard InChI is InChI=1S/C18H19N3O2S/c22-16(12-7-4-8-12)20-18-19-14-9-10-21(11-15(14)24-18)17(23)13-5-2-1-3-6-13/h1-3,5-6,12H,4,7-11H2,(H,19,20,22). The van der Waals surface area contributed by atoms with E-state index < -0.39 is 0 Å². The first-order valence-corrected chi connectivity index (χ1v) is 9.16. The van der Waals surface area contributed by atoms with Crippen molar-refractivity contribution in [2.75, 3.05) is 11.9 Å². The molecule has 2 amide bonds. The van der Waals surface area contributed by atoms with Crippen LogP contribution < -0.4 is 5.32 Å². The predicted octanol–water partition coefficient (Wildman–Crippen LogP) is 3.08. The molecule has 4 rings (SSSR count). The van der Waals surface area contributed by atoms with Crippen LogP contribution in [0.15, 0.2) is 30.3 Å². The largest absolute Gasteiger partial charge is 0.333 e. The highest BCUT2D eigenvalue weighted by Gasteiger charge is 2.28. The lowest BCUT2D eigenvalue weighted by Crippen LogP contribution is -2.35. The average molecular weight is 341 g/mol. The first-order chi connectivity index (χ1) is 11.7. The van der Waals surface area contributed by atoms with E-state index in [1.807, 2.05) is 35.2 Å². The molecule has 1 aromatic heterocycles. The van der Waals surface area contributed by atoms with Gasteiger partial charge in [-0.25, -0.2) is 4.98 Å². The Bertz CT molecular complexity index is 768. The minimum atomic E-state index is 0.0507. The Morgan fingerprint density at radius 3 is 2.71 bits per heavy atom. The number of rotatable bonds is 3. The van der Waals surface area contributed by atoms with Crippen molar-refractivity contribution in [2.45, 2.75) is 32.2 Å². The fourth-order valence-corrected chi connectivity index (χ4v) is 4.09. The third-order valence-corrected chi connectivity index (χ3v) is 5.74. The van der Waals surface area contributed by atoms with Gasteiger partial charge in [-0.2, -0.15) is 0 Å². The molecule has 1 fully saturated rings. The van der Waals surface area contributed by atoms with Gasteiger partial charge in [0.15, 0.2) is 5.13 Å². The van der Waals surface area contributed by atoms with Crippen molar-refractivity contribution in [2.24, 2.45) is 5.92 Å². The van der Waals surface area contributed by atoms with Crippen molar-refractivity contribution in [3.8, 4) is 0 Å². The fraction of sp³-hybridized carbons (Fsp3) is 0.389. The molecule has 1 aliphatic carbocycles. The molecule has 0 spiro atoms. The molecule has 0 radical (unpaired) electrons. The number of fused-ring (bicyclic) bond motifs is 1. The van der Waals surface area contributed by atoms with Crippen molar-refractivity contribution >= 4 is 28.3 Å². The van der Waals surface area contributed by atoms with Gasteiger partial charge in [0, 0.05) is 29.3 Å². The molecule has 1 aliphatic heterocycles. The number of carbonyl (C=O) groups is 2. The zero-order valence-corrected chi connectivity index (χ0v) is 14.1. The highest BCUT2D eigenvalue weighted by atomic mass is 32.1. The first-order valence-electron chi connectivity index (χ1n) is 8.34. The molecular formula is C18H19N3O2S. The third kappa shape index (κ3) is 2.94. The maximum Gasteiger partial charge on any atom is 0.254 e. The van der Waals surface area contributed by atoms with Crippen LogP contribution in [0.3, 0.4) is 0 Å². The third-order valence-electron chi connectivity index (χ3n) is 4.75. The molecule has 1 aromatic carbocycles. The number of carbonyl (C=O) groups excluding carboxylic acids is 2. The number of nitrogens with one attached hydrogen (secondary N) is 1. The second-order valence-corrected chi connectivity index (χ2v) is 7.43. The molecule has 1 N–H and O–H groups in total. The lowest BCUT2D eigenvalue weighted by molar-refractivity contribution is -0.122. The van der Waals surface area contributed by atoms with Crippen molar-refractivity contribution in [1.82, 2.24) is 9.88 Å². The summed E-state index contributed by atoms with van der Waals surface area (Å²) in [5.74, 6) is 0.293. The van der Waals surface area contributed by atoms with Crippen molar-refractivity contribution < 1.29 is 9.59 Å². The molecule has 2 aromatic rings. The zero-order chi connectivity index (χ0) is 16.5. The van der Waals surface area contributed by atoms with Gasteiger partial charge >= 0.3 is 0 Å². The van der Waals surface area contributed by atoms with E-state index >= 15 is 0 Å². The fourth-order valence-electron chi connectivity index (χ4n) is 3.06. The Morgan fingerprint density at radius 2 is 2.00 bits per heavy atom. The van der Waals surface area contributed by atoms with E-state index in [0.717, 1.165) is 36.3 Å². The van der Waals surface area contributed by atoms with E-state index in [1.54, 1.807) is 0 Å². The number of benzene rings is 1. The Balaban J connectivity index is 1.45. The van der Waals surface area contributed by atoms with E-state index in [-0.39, 0.29) is 17.7 Å². The topological polar surface area (TPSA) is 62.3 Å². The summed E-state index contributed by atoms with van der Waals surface area (Å²) in [5.41, 5.74) is 1.73. The first kappa shape index (κ1) is 15.3. The summed E-state index contributed by atoms with van der Waals surface area (Å²) >= 11 is 1.50. The van der Waals surface area contributed by atoms with Crippen LogP contribution in [0, 0.1) is 5.92 Å². The summed E-state index contributed by atoms with van der Waals surface area (Å²) in [6.07, 6.45) is 3.85. The van der Waals surface area contributed by atoms with E-state index in [1.165, 1.54) is 11.3 Å². The van der Waals surface area contributed by atoms with Gasteiger partial charge in [-0.05, 0) is 25.0 Å². The lowest BCUT2D eigenvalue weighted by Gasteiger charge is -2.26. The molecule has 124 valence electrons. The van der Waals surface area contributed by atoms with Crippen molar-refractivity contribution in [1.29, 1.82) is 0 Å². The smallest absolute Gasteiger partial charge is 0.254 e. The molecule has 24 heavy (non-hydrogen) atoms. The van der Waals surface area contributed by atoms with Gasteiger partial charge in [-0.15, -0.1) is 0 Å². The normalized spacial score (nSPS) is 17.1. The van der Waals surface area contributed by atoms with Gasteiger partial charge in [0.2, 0.25) is 5.91 Å². The van der Waals surface area contributed by atoms with Crippen LogP contribution in [-0.2, 0) is 17.8 Å². The summed E-state index contributed by atoms with van der Waals surface area (Å²) in [5, 5.41) is 3.61. The van der Waals surface area contributed by atoms with E-state index in [4.69, 9.17) is 0 Å². The van der Waals surface area contributed by atoms with Gasteiger partial charge in [0.1, 0.15) is 0 Å². The van der Waals surface area contributed by atoms with Crippen LogP contribution in [0.4, 0.5) is 5.13 Å². The average Bonchev–Trinajstić information content (AvgIpc) is 2.94. The molecule has 0 unspecified atom stereocenters. The van der Waals surface area contributed by atoms with E-state index in [0.29, 0.717) is 23.8 Å². The molecular weight excluding hydrogens is 322 g/mol. The second-order valence-electron chi connectivity index (χ2n) is 6.35. The molecule has 0 saturated heterocycles. The van der Waals surface area contributed by atoms with Gasteiger partial charge in [0.25, 0.3) is 5.91 Å². The number of nitrogens with zero attached hydrogens (tertiary/aromatic N) is 2. The number of thiazole rings is 1. The monoisotopic (exact) mass is 341 g/mol. The van der Waals surface area contributed by atoms with E-state index in [9.17, 15) is 9.59 Å². The highest BCUT2D eigenvalue weighted by molar-refractivity contribution is 7.15. The predicted molar refractivity (Wildman–Crippen MR) is 93.0 cm³/mol. The van der Waals surface area contributed by atoms with Crippen molar-refractivity contribution in [3.05, 3.63) is 46.5 Å². The van der Waals surface area contributed by atoms with Gasteiger partial charge < -0.3 is 10.2 Å². The van der Waals surface area contributed by atoms with Gasteiger partial charge in [-0.3, -0.25) is 9.59 Å². The summed E-state index contributed by atoms with van der Waals surface area (Å²) in [6, 6.07) is 9.35. The molecule has 0 atom stereocenters. The summed E-state index contributed by atoms with van der Waals surface area (Å²) in [6.45, 7) is 1.24. The SMILES string of the molecule is O=C(Nc1nc2c(s1)CN(C(=O)c1ccccc1)CC2)C1CCC1. The van der Waals surface area contributed by atoms with Crippen LogP contribution >= 0.6 is 11.3 Å². The minimum Gasteiger partial charge on any atom is -0.333 e. The number of hydrogen-bond donors (Lipinski definition) is 1. The molecule has 2 aliphatic rings. The quantitative estimate of drug-likeness (QED) is 0.933. The number of anilines is 1. The Kier molecular flexibility index (Phi) is 4.06. The lowest BCUT2D eigenvalue weighted by atomic mass is 9.85. The molecule has 0 bridgehead atoms. The number of hydrogen-bond acceptors (Lipinski definition) is 4. The van der Waals surface area contributed by atoms with E-state index in [2.05, 4.69) is 10.3 Å². The van der Waals surface area contributed by atoms with Crippen molar-refractivity contribution in [3.63, 3.8) is 0 Å². The van der Waals surface area contributed by atoms with Crippen LogP contribution in [0.25, 0.3) is 0 Å². The molecule has 6 heteroatoms. The number of amides is 2. The molecule has 5 nitrogen and oxygen atoms in total. The van der Waals surface area contributed by atoms with Crippen LogP contribution in [0.2, 0.25) is 0 Å². The molecule has 1 saturated carbocycles. The van der Waals surface area contributed by atoms with Crippen LogP contribution in [-0.4, -0.2) is 28.2 Å².